The van der Waals surface area contributed by atoms with Crippen LogP contribution in [0.15, 0.2) is 69.8 Å². The number of para-hydroxylation sites is 1. The van der Waals surface area contributed by atoms with E-state index in [-0.39, 0.29) is 16.8 Å². The third-order valence-electron chi connectivity index (χ3n) is 5.19. The maximum atomic E-state index is 13.5. The molecule has 5 rings (SSSR count). The molecule has 4 aromatic rings. The van der Waals surface area contributed by atoms with Crippen LogP contribution in [-0.2, 0) is 0 Å². The van der Waals surface area contributed by atoms with Crippen LogP contribution in [-0.4, -0.2) is 29.8 Å². The predicted molar refractivity (Wildman–Crippen MR) is 120 cm³/mol. The van der Waals surface area contributed by atoms with Gasteiger partial charge >= 0.3 is 0 Å². The summed E-state index contributed by atoms with van der Waals surface area (Å²) < 4.78 is 17.0. The molecule has 0 saturated carbocycles. The van der Waals surface area contributed by atoms with Gasteiger partial charge in [-0.15, -0.1) is 10.2 Å². The first kappa shape index (κ1) is 20.0. The van der Waals surface area contributed by atoms with E-state index >= 15 is 0 Å². The largest absolute Gasteiger partial charge is 0.493 e. The summed E-state index contributed by atoms with van der Waals surface area (Å²) in [7, 11) is 1.53. The number of hydrogen-bond acceptors (Lipinski definition) is 8. The van der Waals surface area contributed by atoms with E-state index in [1.807, 2.05) is 0 Å². The summed E-state index contributed by atoms with van der Waals surface area (Å²) in [5.41, 5.74) is 2.52. The molecule has 1 aliphatic rings. The van der Waals surface area contributed by atoms with Crippen molar-refractivity contribution < 1.29 is 18.7 Å². The molecule has 0 aliphatic carbocycles. The van der Waals surface area contributed by atoms with Crippen LogP contribution in [0, 0.1) is 0 Å². The van der Waals surface area contributed by atoms with Crippen molar-refractivity contribution in [3.8, 4) is 11.5 Å². The van der Waals surface area contributed by atoms with Gasteiger partial charge in [0, 0.05) is 0 Å². The second-order valence-electron chi connectivity index (χ2n) is 6.98. The Labute approximate surface area is 186 Å². The van der Waals surface area contributed by atoms with Crippen LogP contribution in [0.2, 0.25) is 0 Å². The zero-order valence-corrected chi connectivity index (χ0v) is 17.8. The van der Waals surface area contributed by atoms with Gasteiger partial charge in [0.25, 0.3) is 5.91 Å². The number of carbonyl (C=O) groups is 1. The van der Waals surface area contributed by atoms with E-state index in [0.717, 1.165) is 0 Å². The molecule has 0 unspecified atom stereocenters. The number of rotatable bonds is 6. The van der Waals surface area contributed by atoms with E-state index < -0.39 is 11.9 Å². The summed E-state index contributed by atoms with van der Waals surface area (Å²) in [5.74, 6) is 0.539. The molecule has 9 heteroatoms. The zero-order chi connectivity index (χ0) is 22.2. The average Bonchev–Trinajstić information content (AvgIpc) is 3.44. The standard InChI is InChI=1S/C23H17N3O5S/c1-3-10-30-16-9-8-13(11-17(16)29-2)19-18-20(27)14-6-4-5-7-15(14)31-21(18)22(28)26(19)23-25-24-12-32-23/h3-9,11-12,19H,1,10H2,2H3/t19-/m0/s1. The van der Waals surface area contributed by atoms with Crippen LogP contribution < -0.4 is 19.8 Å². The fourth-order valence-electron chi connectivity index (χ4n) is 3.83. The van der Waals surface area contributed by atoms with E-state index in [9.17, 15) is 9.59 Å². The van der Waals surface area contributed by atoms with Gasteiger partial charge in [0.2, 0.25) is 10.9 Å². The Kier molecular flexibility index (Phi) is 4.95. The molecule has 0 saturated heterocycles. The van der Waals surface area contributed by atoms with Gasteiger partial charge in [-0.3, -0.25) is 14.5 Å². The Hall–Kier alpha value is -3.98. The fourth-order valence-corrected chi connectivity index (χ4v) is 4.41. The number of benzene rings is 2. The molecular weight excluding hydrogens is 430 g/mol. The number of anilines is 1. The molecule has 0 N–H and O–H groups in total. The highest BCUT2D eigenvalue weighted by molar-refractivity contribution is 7.13. The summed E-state index contributed by atoms with van der Waals surface area (Å²) >= 11 is 1.20. The van der Waals surface area contributed by atoms with Crippen molar-refractivity contribution in [3.05, 3.63) is 87.7 Å². The summed E-state index contributed by atoms with van der Waals surface area (Å²) in [6, 6.07) is 11.4. The van der Waals surface area contributed by atoms with Crippen LogP contribution in [0.5, 0.6) is 11.5 Å². The smallest absolute Gasteiger partial charge is 0.297 e. The van der Waals surface area contributed by atoms with Crippen LogP contribution in [0.1, 0.15) is 27.7 Å². The van der Waals surface area contributed by atoms with Crippen LogP contribution in [0.4, 0.5) is 5.13 Å². The van der Waals surface area contributed by atoms with Crippen molar-refractivity contribution in [1.82, 2.24) is 10.2 Å². The zero-order valence-electron chi connectivity index (χ0n) is 17.0. The van der Waals surface area contributed by atoms with Crippen LogP contribution in [0.25, 0.3) is 11.0 Å². The van der Waals surface area contributed by atoms with Gasteiger partial charge in [-0.25, -0.2) is 0 Å². The molecule has 160 valence electrons. The normalized spacial score (nSPS) is 15.1. The monoisotopic (exact) mass is 447 g/mol. The predicted octanol–water partition coefficient (Wildman–Crippen LogP) is 3.97. The lowest BCUT2D eigenvalue weighted by Crippen LogP contribution is -2.29. The third kappa shape index (κ3) is 3.05. The SMILES string of the molecule is C=CCOc1ccc([C@H]2c3c(oc4ccccc4c3=O)C(=O)N2c2nncs2)cc1OC. The van der Waals surface area contributed by atoms with Gasteiger partial charge < -0.3 is 13.9 Å². The van der Waals surface area contributed by atoms with Gasteiger partial charge in [-0.05, 0) is 29.8 Å². The minimum atomic E-state index is -0.756. The number of aromatic nitrogens is 2. The first-order chi connectivity index (χ1) is 15.6. The highest BCUT2D eigenvalue weighted by Crippen LogP contribution is 2.43. The summed E-state index contributed by atoms with van der Waals surface area (Å²) in [4.78, 5) is 28.3. The first-order valence-electron chi connectivity index (χ1n) is 9.71. The molecule has 2 aromatic heterocycles. The number of ether oxygens (including phenoxy) is 2. The molecule has 1 aliphatic heterocycles. The van der Waals surface area contributed by atoms with Crippen molar-refractivity contribution in [2.24, 2.45) is 0 Å². The Bertz CT molecular complexity index is 1400. The van der Waals surface area contributed by atoms with Crippen molar-refractivity contribution in [2.45, 2.75) is 6.04 Å². The Balaban J connectivity index is 1.74. The Morgan fingerprint density at radius 3 is 2.81 bits per heavy atom. The first-order valence-corrected chi connectivity index (χ1v) is 10.6. The Morgan fingerprint density at radius 1 is 1.22 bits per heavy atom. The minimum absolute atomic E-state index is 0.000138. The number of hydrogen-bond donors (Lipinski definition) is 0. The van der Waals surface area contributed by atoms with Gasteiger partial charge in [0.05, 0.1) is 24.1 Å². The summed E-state index contributed by atoms with van der Waals surface area (Å²) in [5, 5.41) is 8.70. The Morgan fingerprint density at radius 2 is 2.06 bits per heavy atom. The highest BCUT2D eigenvalue weighted by atomic mass is 32.1. The van der Waals surface area contributed by atoms with Crippen molar-refractivity contribution >= 4 is 33.3 Å². The summed E-state index contributed by atoms with van der Waals surface area (Å²) in [6.45, 7) is 3.96. The molecule has 8 nitrogen and oxygen atoms in total. The quantitative estimate of drug-likeness (QED) is 0.413. The molecule has 0 spiro atoms. The van der Waals surface area contributed by atoms with Crippen molar-refractivity contribution in [2.75, 3.05) is 18.6 Å². The summed E-state index contributed by atoms with van der Waals surface area (Å²) in [6.07, 6.45) is 1.63. The van der Waals surface area contributed by atoms with Gasteiger partial charge in [-0.2, -0.15) is 0 Å². The van der Waals surface area contributed by atoms with Crippen LogP contribution in [0.3, 0.4) is 0 Å². The van der Waals surface area contributed by atoms with E-state index in [0.29, 0.717) is 39.8 Å². The lowest BCUT2D eigenvalue weighted by atomic mass is 9.98. The number of methoxy groups -OCH3 is 1. The van der Waals surface area contributed by atoms with Crippen LogP contribution >= 0.6 is 11.3 Å². The number of amides is 1. The molecule has 1 amide bonds. The number of carbonyl (C=O) groups excluding carboxylic acids is 1. The van der Waals surface area contributed by atoms with E-state index in [4.69, 9.17) is 13.9 Å². The number of nitrogens with zero attached hydrogens (tertiary/aromatic N) is 3. The highest BCUT2D eigenvalue weighted by Gasteiger charge is 2.45. The van der Waals surface area contributed by atoms with E-state index in [2.05, 4.69) is 16.8 Å². The van der Waals surface area contributed by atoms with Gasteiger partial charge in [0.1, 0.15) is 17.7 Å². The van der Waals surface area contributed by atoms with E-state index in [1.165, 1.54) is 28.9 Å². The van der Waals surface area contributed by atoms with Crippen molar-refractivity contribution in [3.63, 3.8) is 0 Å². The van der Waals surface area contributed by atoms with E-state index in [1.54, 1.807) is 48.5 Å². The second-order valence-corrected chi connectivity index (χ2v) is 7.79. The molecule has 0 radical (unpaired) electrons. The molecule has 2 aromatic carbocycles. The molecule has 32 heavy (non-hydrogen) atoms. The molecular formula is C23H17N3O5S. The van der Waals surface area contributed by atoms with Crippen molar-refractivity contribution in [1.29, 1.82) is 0 Å². The second kappa shape index (κ2) is 7.93. The van der Waals surface area contributed by atoms with Gasteiger partial charge in [0.15, 0.2) is 16.9 Å². The third-order valence-corrected chi connectivity index (χ3v) is 5.88. The number of fused-ring (bicyclic) bond motifs is 2. The average molecular weight is 447 g/mol. The maximum Gasteiger partial charge on any atom is 0.297 e. The lowest BCUT2D eigenvalue weighted by Gasteiger charge is -2.23. The molecule has 1 atom stereocenters. The molecule has 0 bridgehead atoms. The fraction of sp³-hybridized carbons (Fsp3) is 0.130. The topological polar surface area (TPSA) is 94.8 Å². The maximum absolute atomic E-state index is 13.5. The minimum Gasteiger partial charge on any atom is -0.493 e. The van der Waals surface area contributed by atoms with Gasteiger partial charge in [-0.1, -0.05) is 42.2 Å². The lowest BCUT2D eigenvalue weighted by molar-refractivity contribution is 0.0970. The molecule has 3 heterocycles. The molecule has 0 fully saturated rings.